The molecule has 0 saturated heterocycles. The molecule has 0 spiro atoms. The fraction of sp³-hybridized carbons (Fsp3) is 0.154. The standard InChI is InChI=1S/C13H12BrN3O/c1-9(11-4-7-16-12(14)8-11)17-13(18)10-2-5-15-6-3-10/h2-9H,1H3,(H,17,18)/t9-/m0/s1. The van der Waals surface area contributed by atoms with Gasteiger partial charge in [0.2, 0.25) is 0 Å². The number of amides is 1. The summed E-state index contributed by atoms with van der Waals surface area (Å²) in [6.45, 7) is 1.93. The summed E-state index contributed by atoms with van der Waals surface area (Å²) >= 11 is 3.31. The smallest absolute Gasteiger partial charge is 0.251 e. The second-order valence-electron chi connectivity index (χ2n) is 3.84. The topological polar surface area (TPSA) is 54.9 Å². The Bertz CT molecular complexity index is 545. The van der Waals surface area contributed by atoms with E-state index in [0.29, 0.717) is 5.56 Å². The number of hydrogen-bond acceptors (Lipinski definition) is 3. The van der Waals surface area contributed by atoms with Crippen molar-refractivity contribution in [2.45, 2.75) is 13.0 Å². The molecule has 0 unspecified atom stereocenters. The zero-order chi connectivity index (χ0) is 13.0. The van der Waals surface area contributed by atoms with Crippen LogP contribution >= 0.6 is 15.9 Å². The van der Waals surface area contributed by atoms with Gasteiger partial charge in [-0.1, -0.05) is 0 Å². The zero-order valence-electron chi connectivity index (χ0n) is 9.80. The van der Waals surface area contributed by atoms with E-state index in [1.54, 1.807) is 30.7 Å². The molecule has 18 heavy (non-hydrogen) atoms. The molecule has 2 rings (SSSR count). The van der Waals surface area contributed by atoms with Crippen molar-refractivity contribution in [3.8, 4) is 0 Å². The summed E-state index contributed by atoms with van der Waals surface area (Å²) in [4.78, 5) is 19.9. The van der Waals surface area contributed by atoms with Crippen LogP contribution < -0.4 is 5.32 Å². The van der Waals surface area contributed by atoms with Gasteiger partial charge in [0.05, 0.1) is 6.04 Å². The Labute approximate surface area is 114 Å². The first-order valence-electron chi connectivity index (χ1n) is 5.49. The van der Waals surface area contributed by atoms with E-state index in [1.807, 2.05) is 19.1 Å². The Morgan fingerprint density at radius 1 is 1.28 bits per heavy atom. The SMILES string of the molecule is C[C@H](NC(=O)c1ccncc1)c1ccnc(Br)c1. The third-order valence-corrected chi connectivity index (χ3v) is 2.97. The Balaban J connectivity index is 2.08. The number of rotatable bonds is 3. The second-order valence-corrected chi connectivity index (χ2v) is 4.66. The molecule has 1 amide bonds. The number of nitrogens with one attached hydrogen (secondary N) is 1. The molecule has 0 radical (unpaired) electrons. The molecular formula is C13H12BrN3O. The maximum Gasteiger partial charge on any atom is 0.251 e. The largest absolute Gasteiger partial charge is 0.346 e. The zero-order valence-corrected chi connectivity index (χ0v) is 11.4. The number of halogens is 1. The van der Waals surface area contributed by atoms with Gasteiger partial charge in [-0.05, 0) is 52.7 Å². The summed E-state index contributed by atoms with van der Waals surface area (Å²) in [5.74, 6) is -0.113. The fourth-order valence-corrected chi connectivity index (χ4v) is 1.94. The van der Waals surface area contributed by atoms with Crippen molar-refractivity contribution >= 4 is 21.8 Å². The van der Waals surface area contributed by atoms with E-state index >= 15 is 0 Å². The van der Waals surface area contributed by atoms with Crippen molar-refractivity contribution in [1.82, 2.24) is 15.3 Å². The van der Waals surface area contributed by atoms with Crippen LogP contribution in [0.4, 0.5) is 0 Å². The number of carbonyl (C=O) groups is 1. The van der Waals surface area contributed by atoms with Crippen LogP contribution in [0, 0.1) is 0 Å². The lowest BCUT2D eigenvalue weighted by atomic mass is 10.1. The predicted octanol–water partition coefficient (Wildman–Crippen LogP) is 2.73. The van der Waals surface area contributed by atoms with Gasteiger partial charge in [0, 0.05) is 24.2 Å². The van der Waals surface area contributed by atoms with Crippen molar-refractivity contribution < 1.29 is 4.79 Å². The highest BCUT2D eigenvalue weighted by atomic mass is 79.9. The molecule has 0 aliphatic rings. The van der Waals surface area contributed by atoms with E-state index in [-0.39, 0.29) is 11.9 Å². The molecule has 1 N–H and O–H groups in total. The molecule has 0 saturated carbocycles. The minimum atomic E-state index is -0.113. The maximum absolute atomic E-state index is 11.9. The van der Waals surface area contributed by atoms with Gasteiger partial charge in [-0.25, -0.2) is 4.98 Å². The Kier molecular flexibility index (Phi) is 4.04. The molecule has 2 aromatic rings. The van der Waals surface area contributed by atoms with E-state index in [2.05, 4.69) is 31.2 Å². The molecule has 0 bridgehead atoms. The van der Waals surface area contributed by atoms with Gasteiger partial charge in [-0.15, -0.1) is 0 Å². The summed E-state index contributed by atoms with van der Waals surface area (Å²) in [6, 6.07) is 7.05. The highest BCUT2D eigenvalue weighted by molar-refractivity contribution is 9.10. The van der Waals surface area contributed by atoms with Crippen LogP contribution in [-0.4, -0.2) is 15.9 Å². The Hall–Kier alpha value is -1.75. The molecule has 0 aliphatic heterocycles. The van der Waals surface area contributed by atoms with E-state index in [0.717, 1.165) is 10.2 Å². The summed E-state index contributed by atoms with van der Waals surface area (Å²) in [7, 11) is 0. The number of aromatic nitrogens is 2. The van der Waals surface area contributed by atoms with Gasteiger partial charge < -0.3 is 5.32 Å². The van der Waals surface area contributed by atoms with Gasteiger partial charge >= 0.3 is 0 Å². The average Bonchev–Trinajstić information content (AvgIpc) is 2.39. The van der Waals surface area contributed by atoms with Crippen molar-refractivity contribution in [2.24, 2.45) is 0 Å². The summed E-state index contributed by atoms with van der Waals surface area (Å²) in [5.41, 5.74) is 1.60. The maximum atomic E-state index is 11.9. The lowest BCUT2D eigenvalue weighted by molar-refractivity contribution is 0.0939. The van der Waals surface area contributed by atoms with E-state index < -0.39 is 0 Å². The Morgan fingerprint density at radius 2 is 2.00 bits per heavy atom. The van der Waals surface area contributed by atoms with Crippen LogP contribution in [0.3, 0.4) is 0 Å². The van der Waals surface area contributed by atoms with Gasteiger partial charge in [-0.2, -0.15) is 0 Å². The quantitative estimate of drug-likeness (QED) is 0.887. The summed E-state index contributed by atoms with van der Waals surface area (Å²) < 4.78 is 0.755. The predicted molar refractivity (Wildman–Crippen MR) is 72.1 cm³/mol. The van der Waals surface area contributed by atoms with Crippen LogP contribution in [0.1, 0.15) is 28.9 Å². The van der Waals surface area contributed by atoms with Crippen molar-refractivity contribution in [1.29, 1.82) is 0 Å². The van der Waals surface area contributed by atoms with Crippen LogP contribution in [0.5, 0.6) is 0 Å². The summed E-state index contributed by atoms with van der Waals surface area (Å²) in [6.07, 6.45) is 4.90. The first-order valence-corrected chi connectivity index (χ1v) is 6.28. The van der Waals surface area contributed by atoms with Crippen molar-refractivity contribution in [3.05, 3.63) is 58.6 Å². The van der Waals surface area contributed by atoms with Gasteiger partial charge in [0.15, 0.2) is 0 Å². The van der Waals surface area contributed by atoms with E-state index in [4.69, 9.17) is 0 Å². The molecule has 0 fully saturated rings. The number of carbonyl (C=O) groups excluding carboxylic acids is 1. The number of hydrogen-bond donors (Lipinski definition) is 1. The number of nitrogens with zero attached hydrogens (tertiary/aromatic N) is 2. The average molecular weight is 306 g/mol. The molecule has 1 atom stereocenters. The third kappa shape index (κ3) is 3.13. The van der Waals surface area contributed by atoms with Crippen LogP contribution in [-0.2, 0) is 0 Å². The first kappa shape index (κ1) is 12.7. The molecule has 4 nitrogen and oxygen atoms in total. The second kappa shape index (κ2) is 5.73. The van der Waals surface area contributed by atoms with Gasteiger partial charge in [0.1, 0.15) is 4.60 Å². The first-order chi connectivity index (χ1) is 8.66. The molecule has 92 valence electrons. The monoisotopic (exact) mass is 305 g/mol. The fourth-order valence-electron chi connectivity index (χ4n) is 1.55. The molecule has 0 aromatic carbocycles. The van der Waals surface area contributed by atoms with Crippen LogP contribution in [0.2, 0.25) is 0 Å². The minimum Gasteiger partial charge on any atom is -0.346 e. The lowest BCUT2D eigenvalue weighted by Crippen LogP contribution is -2.26. The molecule has 5 heteroatoms. The molecular weight excluding hydrogens is 294 g/mol. The van der Waals surface area contributed by atoms with E-state index in [1.165, 1.54) is 0 Å². The van der Waals surface area contributed by atoms with Crippen LogP contribution in [0.25, 0.3) is 0 Å². The Morgan fingerprint density at radius 3 is 2.67 bits per heavy atom. The van der Waals surface area contributed by atoms with Gasteiger partial charge in [0.25, 0.3) is 5.91 Å². The molecule has 0 aliphatic carbocycles. The lowest BCUT2D eigenvalue weighted by Gasteiger charge is -2.14. The highest BCUT2D eigenvalue weighted by Crippen LogP contribution is 2.16. The number of pyridine rings is 2. The highest BCUT2D eigenvalue weighted by Gasteiger charge is 2.11. The third-order valence-electron chi connectivity index (χ3n) is 2.54. The normalized spacial score (nSPS) is 11.9. The van der Waals surface area contributed by atoms with Gasteiger partial charge in [-0.3, -0.25) is 9.78 Å². The van der Waals surface area contributed by atoms with Crippen LogP contribution in [0.15, 0.2) is 47.5 Å². The molecule has 2 heterocycles. The minimum absolute atomic E-state index is 0.0787. The van der Waals surface area contributed by atoms with Crippen molar-refractivity contribution in [3.63, 3.8) is 0 Å². The van der Waals surface area contributed by atoms with Crippen molar-refractivity contribution in [2.75, 3.05) is 0 Å². The summed E-state index contributed by atoms with van der Waals surface area (Å²) in [5, 5.41) is 2.92. The van der Waals surface area contributed by atoms with E-state index in [9.17, 15) is 4.79 Å². The molecule has 2 aromatic heterocycles.